The van der Waals surface area contributed by atoms with Crippen molar-refractivity contribution in [2.24, 2.45) is 13.0 Å². The summed E-state index contributed by atoms with van der Waals surface area (Å²) in [6, 6.07) is 20.2. The molecule has 0 aliphatic rings. The minimum absolute atomic E-state index is 0.929. The first kappa shape index (κ1) is 20.7. The summed E-state index contributed by atoms with van der Waals surface area (Å²) in [5, 5.41) is 1.32. The number of hydrogen-bond acceptors (Lipinski definition) is 0. The first-order valence-corrected chi connectivity index (χ1v) is 11.4. The maximum absolute atomic E-state index is 2.40. The molecular weight excluding hydrogens is 338 g/mol. The summed E-state index contributed by atoms with van der Waals surface area (Å²) in [6.45, 7) is 4.64. The van der Waals surface area contributed by atoms with Crippen molar-refractivity contribution in [1.82, 2.24) is 4.57 Å². The molecule has 3 rings (SSSR count). The molecule has 28 heavy (non-hydrogen) atoms. The van der Waals surface area contributed by atoms with Crippen LogP contribution in [-0.4, -0.2) is 4.57 Å². The first-order valence-electron chi connectivity index (χ1n) is 11.4. The fourth-order valence-electron chi connectivity index (χ4n) is 4.57. The van der Waals surface area contributed by atoms with Gasteiger partial charge in [-0.25, -0.2) is 0 Å². The van der Waals surface area contributed by atoms with Gasteiger partial charge in [0.1, 0.15) is 0 Å². The molecule has 0 saturated carbocycles. The van der Waals surface area contributed by atoms with Gasteiger partial charge < -0.3 is 4.57 Å². The van der Waals surface area contributed by atoms with Crippen LogP contribution in [0.1, 0.15) is 70.8 Å². The lowest BCUT2D eigenvalue weighted by molar-refractivity contribution is 0.388. The van der Waals surface area contributed by atoms with E-state index in [-0.39, 0.29) is 0 Å². The molecule has 1 heterocycles. The van der Waals surface area contributed by atoms with Crippen molar-refractivity contribution in [2.45, 2.75) is 71.6 Å². The number of aryl methyl sites for hydroxylation is 2. The maximum atomic E-state index is 2.40. The van der Waals surface area contributed by atoms with Crippen LogP contribution in [0.5, 0.6) is 0 Å². The molecule has 150 valence electrons. The van der Waals surface area contributed by atoms with E-state index in [9.17, 15) is 0 Å². The average Bonchev–Trinajstić information content (AvgIpc) is 3.05. The summed E-state index contributed by atoms with van der Waals surface area (Å²) in [4.78, 5) is 0. The Morgan fingerprint density at radius 1 is 0.786 bits per heavy atom. The van der Waals surface area contributed by atoms with Crippen molar-refractivity contribution >= 4 is 10.9 Å². The lowest BCUT2D eigenvalue weighted by atomic mass is 9.90. The predicted molar refractivity (Wildman–Crippen MR) is 124 cm³/mol. The summed E-state index contributed by atoms with van der Waals surface area (Å²) >= 11 is 0. The highest BCUT2D eigenvalue weighted by Crippen LogP contribution is 2.28. The van der Waals surface area contributed by atoms with Gasteiger partial charge in [0.05, 0.1) is 0 Å². The number of hydrogen-bond donors (Lipinski definition) is 0. The van der Waals surface area contributed by atoms with Gasteiger partial charge >= 0.3 is 0 Å². The van der Waals surface area contributed by atoms with Crippen LogP contribution in [0.2, 0.25) is 0 Å². The molecule has 1 atom stereocenters. The van der Waals surface area contributed by atoms with Crippen LogP contribution < -0.4 is 0 Å². The van der Waals surface area contributed by atoms with Crippen LogP contribution in [-0.2, 0) is 13.5 Å². The van der Waals surface area contributed by atoms with Crippen LogP contribution in [0, 0.1) is 5.92 Å². The lowest BCUT2D eigenvalue weighted by Crippen LogP contribution is -2.01. The summed E-state index contributed by atoms with van der Waals surface area (Å²) in [5.41, 5.74) is 5.43. The second-order valence-corrected chi connectivity index (χ2v) is 8.39. The van der Waals surface area contributed by atoms with Gasteiger partial charge in [0.15, 0.2) is 0 Å². The van der Waals surface area contributed by atoms with Gasteiger partial charge in [-0.3, -0.25) is 0 Å². The lowest BCUT2D eigenvalue weighted by Gasteiger charge is -2.16. The molecule has 0 aliphatic carbocycles. The van der Waals surface area contributed by atoms with E-state index in [2.05, 4.69) is 80.1 Å². The van der Waals surface area contributed by atoms with Gasteiger partial charge in [-0.2, -0.15) is 0 Å². The molecule has 2 aromatic carbocycles. The zero-order valence-electron chi connectivity index (χ0n) is 18.1. The summed E-state index contributed by atoms with van der Waals surface area (Å²) in [5.74, 6) is 0.929. The molecule has 0 saturated heterocycles. The number of fused-ring (bicyclic) bond motifs is 1. The number of nitrogens with zero attached hydrogens (tertiary/aromatic N) is 1. The number of unbranched alkanes of at least 4 members (excludes halogenated alkanes) is 2. The molecule has 0 amide bonds. The first-order chi connectivity index (χ1) is 13.7. The number of rotatable bonds is 11. The highest BCUT2D eigenvalue weighted by atomic mass is 14.9. The minimum atomic E-state index is 0.929. The van der Waals surface area contributed by atoms with Crippen molar-refractivity contribution < 1.29 is 0 Å². The third-order valence-electron chi connectivity index (χ3n) is 6.17. The molecule has 0 aliphatic heterocycles. The summed E-state index contributed by atoms with van der Waals surface area (Å²) in [6.07, 6.45) is 12.2. The monoisotopic (exact) mass is 375 g/mol. The van der Waals surface area contributed by atoms with Gasteiger partial charge in [0, 0.05) is 23.6 Å². The molecule has 0 spiro atoms. The molecule has 0 bridgehead atoms. The highest BCUT2D eigenvalue weighted by molar-refractivity contribution is 5.86. The van der Waals surface area contributed by atoms with Crippen LogP contribution in [0.15, 0.2) is 54.6 Å². The highest BCUT2D eigenvalue weighted by Gasteiger charge is 2.10. The Morgan fingerprint density at radius 3 is 2.39 bits per heavy atom. The molecule has 1 heteroatoms. The molecule has 0 fully saturated rings. The van der Waals surface area contributed by atoms with Crippen molar-refractivity contribution in [3.63, 3.8) is 0 Å². The SMILES string of the molecule is CCCCCC(CCC)CCCc1cccc(-c2cc3ccccc3n2C)c1. The van der Waals surface area contributed by atoms with Gasteiger partial charge in [-0.15, -0.1) is 0 Å². The van der Waals surface area contributed by atoms with Crippen molar-refractivity contribution in [3.05, 3.63) is 60.2 Å². The van der Waals surface area contributed by atoms with E-state index in [1.165, 1.54) is 85.5 Å². The second-order valence-electron chi connectivity index (χ2n) is 8.39. The molecule has 3 aromatic rings. The van der Waals surface area contributed by atoms with Crippen LogP contribution >= 0.6 is 0 Å². The Bertz CT molecular complexity index is 858. The van der Waals surface area contributed by atoms with E-state index in [4.69, 9.17) is 0 Å². The minimum Gasteiger partial charge on any atom is -0.344 e. The molecule has 0 N–H and O–H groups in total. The van der Waals surface area contributed by atoms with E-state index in [1.54, 1.807) is 0 Å². The number of para-hydroxylation sites is 1. The Kier molecular flexibility index (Phi) is 7.77. The van der Waals surface area contributed by atoms with Crippen LogP contribution in [0.25, 0.3) is 22.2 Å². The summed E-state index contributed by atoms with van der Waals surface area (Å²) < 4.78 is 2.32. The van der Waals surface area contributed by atoms with E-state index in [0.717, 1.165) is 5.92 Å². The zero-order chi connectivity index (χ0) is 19.8. The van der Waals surface area contributed by atoms with Crippen molar-refractivity contribution in [1.29, 1.82) is 0 Å². The Morgan fingerprint density at radius 2 is 1.61 bits per heavy atom. The quantitative estimate of drug-likeness (QED) is 0.298. The van der Waals surface area contributed by atoms with Gasteiger partial charge in [0.2, 0.25) is 0 Å². The third-order valence-corrected chi connectivity index (χ3v) is 6.17. The number of benzene rings is 2. The van der Waals surface area contributed by atoms with Gasteiger partial charge in [0.25, 0.3) is 0 Å². The Balaban J connectivity index is 1.63. The summed E-state index contributed by atoms with van der Waals surface area (Å²) in [7, 11) is 2.18. The Labute approximate surface area is 171 Å². The van der Waals surface area contributed by atoms with E-state index >= 15 is 0 Å². The normalized spacial score (nSPS) is 12.5. The molecule has 0 radical (unpaired) electrons. The Hall–Kier alpha value is -2.02. The smallest absolute Gasteiger partial charge is 0.0488 e. The van der Waals surface area contributed by atoms with E-state index in [1.807, 2.05) is 0 Å². The van der Waals surface area contributed by atoms with E-state index in [0.29, 0.717) is 0 Å². The fraction of sp³-hybridized carbons (Fsp3) is 0.481. The maximum Gasteiger partial charge on any atom is 0.0488 e. The van der Waals surface area contributed by atoms with E-state index < -0.39 is 0 Å². The van der Waals surface area contributed by atoms with Crippen LogP contribution in [0.4, 0.5) is 0 Å². The number of aromatic nitrogens is 1. The third kappa shape index (κ3) is 5.28. The molecule has 1 aromatic heterocycles. The van der Waals surface area contributed by atoms with Gasteiger partial charge in [-0.1, -0.05) is 95.2 Å². The average molecular weight is 376 g/mol. The van der Waals surface area contributed by atoms with Crippen molar-refractivity contribution in [2.75, 3.05) is 0 Å². The zero-order valence-corrected chi connectivity index (χ0v) is 18.1. The fourth-order valence-corrected chi connectivity index (χ4v) is 4.57. The topological polar surface area (TPSA) is 4.93 Å². The molecule has 1 unspecified atom stereocenters. The molecule has 1 nitrogen and oxygen atoms in total. The van der Waals surface area contributed by atoms with Crippen molar-refractivity contribution in [3.8, 4) is 11.3 Å². The van der Waals surface area contributed by atoms with Gasteiger partial charge in [-0.05, 0) is 48.1 Å². The second kappa shape index (κ2) is 10.5. The largest absolute Gasteiger partial charge is 0.344 e. The van der Waals surface area contributed by atoms with Crippen LogP contribution in [0.3, 0.4) is 0 Å². The predicted octanol–water partition coefficient (Wildman–Crippen LogP) is 8.16. The molecular formula is C27H37N. The standard InChI is InChI=1S/C27H37N/c1-4-6-7-13-22(12-5-2)14-10-15-23-16-11-18-24(20-23)27-21-25-17-8-9-19-26(25)28(27)3/h8-9,11,16-22H,4-7,10,12-15H2,1-3H3.